The molecule has 1 saturated heterocycles. The molecule has 1 heterocycles. The molecule has 1 aromatic carbocycles. The second kappa shape index (κ2) is 4.88. The largest absolute Gasteiger partial charge is 0.504 e. The summed E-state index contributed by atoms with van der Waals surface area (Å²) in [5.41, 5.74) is 1.04. The Morgan fingerprint density at radius 2 is 2.17 bits per heavy atom. The minimum absolute atomic E-state index is 0.131. The summed E-state index contributed by atoms with van der Waals surface area (Å²) in [5, 5.41) is 9.57. The van der Waals surface area contributed by atoms with Crippen LogP contribution in [0.2, 0.25) is 0 Å². The molecule has 4 nitrogen and oxygen atoms in total. The first kappa shape index (κ1) is 12.7. The Balaban J connectivity index is 2.21. The maximum atomic E-state index is 11.9. The average molecular weight is 249 g/mol. The van der Waals surface area contributed by atoms with Crippen molar-refractivity contribution < 1.29 is 14.6 Å². The molecule has 4 heteroatoms. The lowest BCUT2D eigenvalue weighted by atomic mass is 9.98. The third-order valence-electron chi connectivity index (χ3n) is 3.46. The second-order valence-corrected chi connectivity index (χ2v) is 4.97. The number of carbonyl (C=O) groups is 1. The molecule has 0 bridgehead atoms. The monoisotopic (exact) mass is 249 g/mol. The van der Waals surface area contributed by atoms with Crippen LogP contribution in [0.3, 0.4) is 0 Å². The highest BCUT2D eigenvalue weighted by Crippen LogP contribution is 2.34. The zero-order chi connectivity index (χ0) is 13.3. The van der Waals surface area contributed by atoms with Crippen LogP contribution in [0.1, 0.15) is 31.7 Å². The van der Waals surface area contributed by atoms with E-state index >= 15 is 0 Å². The zero-order valence-corrected chi connectivity index (χ0v) is 11.0. The smallest absolute Gasteiger partial charge is 0.223 e. The lowest BCUT2D eigenvalue weighted by molar-refractivity contribution is -0.129. The maximum Gasteiger partial charge on any atom is 0.223 e. The number of hydrogen-bond donors (Lipinski definition) is 1. The summed E-state index contributed by atoms with van der Waals surface area (Å²) >= 11 is 0. The SMILES string of the molecule is COc1cc(C2CC(=O)N(C(C)C)C2)ccc1O. The van der Waals surface area contributed by atoms with Crippen molar-refractivity contribution in [2.24, 2.45) is 0 Å². The molecule has 1 aromatic rings. The lowest BCUT2D eigenvalue weighted by Crippen LogP contribution is -2.31. The number of phenolic OH excluding ortho intramolecular Hbond substituents is 1. The van der Waals surface area contributed by atoms with E-state index in [2.05, 4.69) is 0 Å². The summed E-state index contributed by atoms with van der Waals surface area (Å²) in [7, 11) is 1.53. The van der Waals surface area contributed by atoms with Crippen molar-refractivity contribution in [3.8, 4) is 11.5 Å². The summed E-state index contributed by atoms with van der Waals surface area (Å²) in [6, 6.07) is 5.54. The first-order valence-electron chi connectivity index (χ1n) is 6.19. The van der Waals surface area contributed by atoms with Gasteiger partial charge in [-0.2, -0.15) is 0 Å². The van der Waals surface area contributed by atoms with Gasteiger partial charge in [-0.3, -0.25) is 4.79 Å². The molecule has 1 N–H and O–H groups in total. The predicted molar refractivity (Wildman–Crippen MR) is 68.9 cm³/mol. The van der Waals surface area contributed by atoms with Gasteiger partial charge in [-0.25, -0.2) is 0 Å². The highest BCUT2D eigenvalue weighted by molar-refractivity contribution is 5.80. The Labute approximate surface area is 107 Å². The van der Waals surface area contributed by atoms with Crippen molar-refractivity contribution >= 4 is 5.91 Å². The summed E-state index contributed by atoms with van der Waals surface area (Å²) in [6.45, 7) is 4.79. The number of carbonyl (C=O) groups excluding carboxylic acids is 1. The van der Waals surface area contributed by atoms with Gasteiger partial charge in [0.2, 0.25) is 5.91 Å². The van der Waals surface area contributed by atoms with Gasteiger partial charge in [-0.05, 0) is 31.5 Å². The van der Waals surface area contributed by atoms with Crippen LogP contribution in [0.5, 0.6) is 11.5 Å². The number of phenols is 1. The highest BCUT2D eigenvalue weighted by atomic mass is 16.5. The normalized spacial score (nSPS) is 19.7. The standard InChI is InChI=1S/C14H19NO3/c1-9(2)15-8-11(7-14(15)17)10-4-5-12(16)13(6-10)18-3/h4-6,9,11,16H,7-8H2,1-3H3. The Morgan fingerprint density at radius 1 is 1.44 bits per heavy atom. The minimum Gasteiger partial charge on any atom is -0.504 e. The van der Waals surface area contributed by atoms with Crippen LogP contribution in [0.25, 0.3) is 0 Å². The van der Waals surface area contributed by atoms with Crippen molar-refractivity contribution in [2.45, 2.75) is 32.2 Å². The van der Waals surface area contributed by atoms with E-state index in [1.54, 1.807) is 6.07 Å². The minimum atomic E-state index is 0.131. The van der Waals surface area contributed by atoms with Gasteiger partial charge < -0.3 is 14.7 Å². The topological polar surface area (TPSA) is 49.8 Å². The number of rotatable bonds is 3. The van der Waals surface area contributed by atoms with Crippen molar-refractivity contribution in [1.82, 2.24) is 4.90 Å². The number of hydrogen-bond acceptors (Lipinski definition) is 3. The third kappa shape index (κ3) is 2.28. The van der Waals surface area contributed by atoms with Crippen LogP contribution < -0.4 is 4.74 Å². The van der Waals surface area contributed by atoms with E-state index in [9.17, 15) is 9.90 Å². The van der Waals surface area contributed by atoms with Crippen LogP contribution >= 0.6 is 0 Å². The fraction of sp³-hybridized carbons (Fsp3) is 0.500. The molecule has 1 atom stereocenters. The number of ether oxygens (including phenoxy) is 1. The Kier molecular flexibility index (Phi) is 3.45. The lowest BCUT2D eigenvalue weighted by Gasteiger charge is -2.21. The van der Waals surface area contributed by atoms with Crippen LogP contribution in [-0.2, 0) is 4.79 Å². The van der Waals surface area contributed by atoms with Crippen molar-refractivity contribution in [1.29, 1.82) is 0 Å². The van der Waals surface area contributed by atoms with Crippen molar-refractivity contribution in [3.63, 3.8) is 0 Å². The number of amides is 1. The summed E-state index contributed by atoms with van der Waals surface area (Å²) in [5.74, 6) is 0.977. The Morgan fingerprint density at radius 3 is 2.72 bits per heavy atom. The molecular weight excluding hydrogens is 230 g/mol. The molecule has 1 amide bonds. The molecule has 1 unspecified atom stereocenters. The molecule has 98 valence electrons. The van der Waals surface area contributed by atoms with Crippen LogP contribution in [-0.4, -0.2) is 35.6 Å². The van der Waals surface area contributed by atoms with Gasteiger partial charge in [-0.15, -0.1) is 0 Å². The average Bonchev–Trinajstić information content (AvgIpc) is 2.72. The molecule has 1 fully saturated rings. The van der Waals surface area contributed by atoms with Crippen LogP contribution in [0, 0.1) is 0 Å². The molecule has 1 aliphatic heterocycles. The second-order valence-electron chi connectivity index (χ2n) is 4.97. The van der Waals surface area contributed by atoms with Crippen LogP contribution in [0.4, 0.5) is 0 Å². The quantitative estimate of drug-likeness (QED) is 0.892. The highest BCUT2D eigenvalue weighted by Gasteiger charge is 2.32. The summed E-state index contributed by atoms with van der Waals surface area (Å²) < 4.78 is 5.10. The van der Waals surface area contributed by atoms with Crippen molar-refractivity contribution in [2.75, 3.05) is 13.7 Å². The van der Waals surface area contributed by atoms with E-state index in [1.165, 1.54) is 7.11 Å². The first-order valence-corrected chi connectivity index (χ1v) is 6.19. The predicted octanol–water partition coefficient (Wildman–Crippen LogP) is 2.13. The van der Waals surface area contributed by atoms with Gasteiger partial charge in [0.25, 0.3) is 0 Å². The number of nitrogens with zero attached hydrogens (tertiary/aromatic N) is 1. The molecule has 0 radical (unpaired) electrons. The number of aromatic hydroxyl groups is 1. The fourth-order valence-electron chi connectivity index (χ4n) is 2.40. The molecule has 0 aromatic heterocycles. The molecule has 18 heavy (non-hydrogen) atoms. The zero-order valence-electron chi connectivity index (χ0n) is 11.0. The maximum absolute atomic E-state index is 11.9. The van der Waals surface area contributed by atoms with Gasteiger partial charge in [0, 0.05) is 24.9 Å². The molecule has 0 spiro atoms. The van der Waals surface area contributed by atoms with E-state index in [0.29, 0.717) is 12.2 Å². The molecular formula is C14H19NO3. The van der Waals surface area contributed by atoms with Crippen molar-refractivity contribution in [3.05, 3.63) is 23.8 Å². The number of likely N-dealkylation sites (tertiary alicyclic amines) is 1. The van der Waals surface area contributed by atoms with E-state index in [1.807, 2.05) is 30.9 Å². The molecule has 0 aliphatic carbocycles. The summed E-state index contributed by atoms with van der Waals surface area (Å²) in [6.07, 6.45) is 0.534. The summed E-state index contributed by atoms with van der Waals surface area (Å²) in [4.78, 5) is 13.8. The van der Waals surface area contributed by atoms with Gasteiger partial charge in [0.15, 0.2) is 11.5 Å². The number of benzene rings is 1. The van der Waals surface area contributed by atoms with Gasteiger partial charge in [0.1, 0.15) is 0 Å². The van der Waals surface area contributed by atoms with Gasteiger partial charge >= 0.3 is 0 Å². The van der Waals surface area contributed by atoms with Crippen LogP contribution in [0.15, 0.2) is 18.2 Å². The van der Waals surface area contributed by atoms with E-state index in [4.69, 9.17) is 4.74 Å². The molecule has 2 rings (SSSR count). The Bertz CT molecular complexity index is 456. The fourth-order valence-corrected chi connectivity index (χ4v) is 2.40. The third-order valence-corrected chi connectivity index (χ3v) is 3.46. The van der Waals surface area contributed by atoms with Gasteiger partial charge in [0.05, 0.1) is 7.11 Å². The Hall–Kier alpha value is -1.71. The van der Waals surface area contributed by atoms with Gasteiger partial charge in [-0.1, -0.05) is 6.07 Å². The first-order chi connectivity index (χ1) is 8.52. The molecule has 1 aliphatic rings. The van der Waals surface area contributed by atoms with E-state index < -0.39 is 0 Å². The number of methoxy groups -OCH3 is 1. The molecule has 0 saturated carbocycles. The van der Waals surface area contributed by atoms with E-state index in [0.717, 1.165) is 12.1 Å². The van der Waals surface area contributed by atoms with E-state index in [-0.39, 0.29) is 23.6 Å².